The Morgan fingerprint density at radius 1 is 0.345 bits per heavy atom. The highest BCUT2D eigenvalue weighted by Crippen LogP contribution is 2.09. The zero-order valence-corrected chi connectivity index (χ0v) is 36.8. The van der Waals surface area contributed by atoms with Gasteiger partial charge in [0.2, 0.25) is 0 Å². The van der Waals surface area contributed by atoms with Gasteiger partial charge in [0.15, 0.2) is 0 Å². The van der Waals surface area contributed by atoms with Crippen LogP contribution in [0.5, 0.6) is 0 Å². The van der Waals surface area contributed by atoms with Crippen LogP contribution in [0, 0.1) is 0 Å². The first-order valence-corrected chi connectivity index (χ1v) is 20.7. The van der Waals surface area contributed by atoms with Gasteiger partial charge in [-0.3, -0.25) is 14.5 Å². The topological polar surface area (TPSA) is 193 Å². The molecule has 58 heavy (non-hydrogen) atoms. The fourth-order valence-electron chi connectivity index (χ4n) is 4.38. The van der Waals surface area contributed by atoms with Crippen molar-refractivity contribution < 1.29 is 75.9 Å². The quantitative estimate of drug-likeness (QED) is 0.0690. The standard InChI is InChI=1S/C40H80N2O16/c1-39(2,3)57-37(43)7-13-45-19-25-51-31-34-54-28-22-48-16-10-42(12-18-50-24-30-56-36-33-53-27-21-47-15-9-41)11-17-49-23-29-55-35-32-52-26-20-46-14-8-38(44)58-40(4,5)6/h7-36,41H2,1-6H3. The largest absolute Gasteiger partial charge is 0.460 e. The Bertz CT molecular complexity index is 851. The first-order chi connectivity index (χ1) is 27.9. The highest BCUT2D eigenvalue weighted by Gasteiger charge is 2.16. The van der Waals surface area contributed by atoms with Gasteiger partial charge >= 0.3 is 11.9 Å². The van der Waals surface area contributed by atoms with E-state index in [2.05, 4.69) is 4.90 Å². The molecule has 0 aliphatic carbocycles. The third-order valence-electron chi connectivity index (χ3n) is 7.01. The van der Waals surface area contributed by atoms with E-state index in [4.69, 9.17) is 72.0 Å². The lowest BCUT2D eigenvalue weighted by Crippen LogP contribution is -2.34. The summed E-state index contributed by atoms with van der Waals surface area (Å²) in [5.74, 6) is -0.550. The van der Waals surface area contributed by atoms with Crippen molar-refractivity contribution in [3.05, 3.63) is 0 Å². The Hall–Kier alpha value is -1.62. The molecule has 0 saturated heterocycles. The maximum absolute atomic E-state index is 11.7. The molecule has 18 nitrogen and oxygen atoms in total. The van der Waals surface area contributed by atoms with Gasteiger partial charge in [0.1, 0.15) is 11.2 Å². The number of nitrogens with two attached hydrogens (primary N) is 1. The van der Waals surface area contributed by atoms with Crippen molar-refractivity contribution in [1.82, 2.24) is 4.90 Å². The Labute approximate surface area is 348 Å². The minimum absolute atomic E-state index is 0.216. The Balaban J connectivity index is 4.03. The van der Waals surface area contributed by atoms with Gasteiger partial charge in [-0.15, -0.1) is 0 Å². The van der Waals surface area contributed by atoms with Crippen LogP contribution >= 0.6 is 0 Å². The van der Waals surface area contributed by atoms with E-state index in [1.54, 1.807) is 0 Å². The summed E-state index contributed by atoms with van der Waals surface area (Å²) in [4.78, 5) is 25.6. The van der Waals surface area contributed by atoms with Crippen molar-refractivity contribution in [3.8, 4) is 0 Å². The van der Waals surface area contributed by atoms with E-state index in [0.29, 0.717) is 178 Å². The lowest BCUT2D eigenvalue weighted by Gasteiger charge is -2.22. The smallest absolute Gasteiger partial charge is 0.308 e. The number of nitrogens with zero attached hydrogens (tertiary/aromatic N) is 1. The first-order valence-electron chi connectivity index (χ1n) is 20.7. The van der Waals surface area contributed by atoms with E-state index in [0.717, 1.165) is 6.54 Å². The van der Waals surface area contributed by atoms with Crippen LogP contribution < -0.4 is 5.73 Å². The summed E-state index contributed by atoms with van der Waals surface area (Å²) >= 11 is 0. The van der Waals surface area contributed by atoms with Gasteiger partial charge in [-0.25, -0.2) is 0 Å². The van der Waals surface area contributed by atoms with E-state index < -0.39 is 11.2 Å². The molecule has 0 atom stereocenters. The second-order valence-corrected chi connectivity index (χ2v) is 14.7. The van der Waals surface area contributed by atoms with Crippen LogP contribution in [-0.2, 0) is 75.9 Å². The molecule has 0 saturated carbocycles. The van der Waals surface area contributed by atoms with Gasteiger partial charge in [-0.1, -0.05) is 0 Å². The molecule has 0 unspecified atom stereocenters. The predicted octanol–water partition coefficient (Wildman–Crippen LogP) is 1.91. The minimum Gasteiger partial charge on any atom is -0.460 e. The molecular weight excluding hydrogens is 764 g/mol. The molecule has 0 heterocycles. The monoisotopic (exact) mass is 845 g/mol. The number of rotatable bonds is 44. The highest BCUT2D eigenvalue weighted by atomic mass is 16.6. The van der Waals surface area contributed by atoms with Crippen molar-refractivity contribution >= 4 is 11.9 Å². The normalized spacial score (nSPS) is 12.1. The summed E-state index contributed by atoms with van der Waals surface area (Å²) in [7, 11) is 0. The minimum atomic E-state index is -0.492. The maximum atomic E-state index is 11.7. The molecule has 0 rings (SSSR count). The van der Waals surface area contributed by atoms with Gasteiger partial charge in [-0.05, 0) is 41.5 Å². The molecule has 0 fully saturated rings. The summed E-state index contributed by atoms with van der Waals surface area (Å²) in [6, 6.07) is 0. The number of carbonyl (C=O) groups is 2. The average molecular weight is 845 g/mol. The first kappa shape index (κ1) is 56.4. The lowest BCUT2D eigenvalue weighted by molar-refractivity contribution is -0.157. The molecule has 0 aromatic rings. The number of hydrogen-bond donors (Lipinski definition) is 1. The van der Waals surface area contributed by atoms with Gasteiger partial charge in [-0.2, -0.15) is 0 Å². The summed E-state index contributed by atoms with van der Waals surface area (Å²) in [5, 5.41) is 0. The second kappa shape index (κ2) is 40.8. The molecule has 0 spiro atoms. The maximum Gasteiger partial charge on any atom is 0.308 e. The molecule has 0 aliphatic rings. The van der Waals surface area contributed by atoms with E-state index in [1.807, 2.05) is 41.5 Å². The average Bonchev–Trinajstić information content (AvgIpc) is 3.15. The fraction of sp³-hybridized carbons (Fsp3) is 0.950. The Morgan fingerprint density at radius 3 is 0.776 bits per heavy atom. The van der Waals surface area contributed by atoms with Gasteiger partial charge < -0.3 is 72.0 Å². The van der Waals surface area contributed by atoms with Crippen molar-refractivity contribution in [2.75, 3.05) is 185 Å². The molecule has 346 valence electrons. The molecule has 0 radical (unpaired) electrons. The highest BCUT2D eigenvalue weighted by molar-refractivity contribution is 5.70. The van der Waals surface area contributed by atoms with E-state index in [-0.39, 0.29) is 24.8 Å². The molecule has 18 heteroatoms. The van der Waals surface area contributed by atoms with Crippen LogP contribution in [0.25, 0.3) is 0 Å². The fourth-order valence-corrected chi connectivity index (χ4v) is 4.38. The van der Waals surface area contributed by atoms with Gasteiger partial charge in [0.05, 0.1) is 171 Å². The summed E-state index contributed by atoms with van der Waals surface area (Å²) in [6.45, 7) is 24.8. The predicted molar refractivity (Wildman–Crippen MR) is 216 cm³/mol. The van der Waals surface area contributed by atoms with Crippen molar-refractivity contribution in [3.63, 3.8) is 0 Å². The van der Waals surface area contributed by atoms with Crippen LogP contribution in [0.4, 0.5) is 0 Å². The summed E-state index contributed by atoms with van der Waals surface area (Å²) in [5.41, 5.74) is 4.40. The molecule has 0 aromatic heterocycles. The van der Waals surface area contributed by atoms with Crippen molar-refractivity contribution in [1.29, 1.82) is 0 Å². The Kier molecular flexibility index (Phi) is 39.6. The molecule has 0 aliphatic heterocycles. The third kappa shape index (κ3) is 47.1. The SMILES string of the molecule is CC(C)(C)OC(=O)CCOCCOCCOCCOCCN(CCOCCOCCOCCOCCN)CCOCCOCCOCCOCCC(=O)OC(C)(C)C. The number of hydrogen-bond acceptors (Lipinski definition) is 18. The Morgan fingerprint density at radius 2 is 0.552 bits per heavy atom. The van der Waals surface area contributed by atoms with E-state index in [9.17, 15) is 9.59 Å². The molecule has 2 N–H and O–H groups in total. The zero-order chi connectivity index (χ0) is 42.8. The van der Waals surface area contributed by atoms with Crippen LogP contribution in [0.3, 0.4) is 0 Å². The molecule has 0 amide bonds. The second-order valence-electron chi connectivity index (χ2n) is 14.7. The summed E-state index contributed by atoms with van der Waals surface area (Å²) in [6.07, 6.45) is 0.433. The zero-order valence-electron chi connectivity index (χ0n) is 36.8. The van der Waals surface area contributed by atoms with Crippen LogP contribution in [-0.4, -0.2) is 213 Å². The van der Waals surface area contributed by atoms with Crippen LogP contribution in [0.2, 0.25) is 0 Å². The van der Waals surface area contributed by atoms with Crippen LogP contribution in [0.1, 0.15) is 54.4 Å². The lowest BCUT2D eigenvalue weighted by atomic mass is 10.2. The van der Waals surface area contributed by atoms with E-state index >= 15 is 0 Å². The summed E-state index contributed by atoms with van der Waals surface area (Å²) < 4.78 is 77.2. The third-order valence-corrected chi connectivity index (χ3v) is 7.01. The number of esters is 2. The van der Waals surface area contributed by atoms with Crippen molar-refractivity contribution in [2.45, 2.75) is 65.6 Å². The van der Waals surface area contributed by atoms with Gasteiger partial charge in [0.25, 0.3) is 0 Å². The molecule has 0 aromatic carbocycles. The van der Waals surface area contributed by atoms with E-state index in [1.165, 1.54) is 0 Å². The van der Waals surface area contributed by atoms with Gasteiger partial charge in [0, 0.05) is 26.2 Å². The van der Waals surface area contributed by atoms with Crippen molar-refractivity contribution in [2.24, 2.45) is 5.73 Å². The molecular formula is C40H80N2O16. The van der Waals surface area contributed by atoms with Crippen LogP contribution in [0.15, 0.2) is 0 Å². The number of carbonyl (C=O) groups excluding carboxylic acids is 2. The number of ether oxygens (including phenoxy) is 14. The molecule has 0 bridgehead atoms.